The molecule has 1 fully saturated rings. The molecule has 0 radical (unpaired) electrons. The molecular formula is C36H41ClN2O5. The molecule has 3 atom stereocenters. The van der Waals surface area contributed by atoms with Gasteiger partial charge in [-0.05, 0) is 128 Å². The Morgan fingerprint density at radius 2 is 1.95 bits per heavy atom. The molecule has 0 unspecified atom stereocenters. The number of aryl methyl sites for hydroxylation is 1. The van der Waals surface area contributed by atoms with E-state index in [1.54, 1.807) is 12.1 Å². The lowest BCUT2D eigenvalue weighted by Gasteiger charge is -2.47. The van der Waals surface area contributed by atoms with Crippen molar-refractivity contribution in [3.63, 3.8) is 0 Å². The van der Waals surface area contributed by atoms with E-state index in [9.17, 15) is 9.90 Å². The van der Waals surface area contributed by atoms with E-state index < -0.39 is 11.5 Å². The van der Waals surface area contributed by atoms with Crippen LogP contribution in [0, 0.1) is 11.8 Å². The van der Waals surface area contributed by atoms with Gasteiger partial charge in [-0.1, -0.05) is 31.5 Å². The number of pyridine rings is 1. The molecule has 0 amide bonds. The number of hydrogen-bond acceptors (Lipinski definition) is 6. The molecule has 0 saturated heterocycles. The first-order valence-electron chi connectivity index (χ1n) is 16.1. The third-order valence-corrected chi connectivity index (χ3v) is 11.0. The topological polar surface area (TPSA) is 89.9 Å². The number of nitrogens with zero attached hydrogens (tertiary/aromatic N) is 1. The van der Waals surface area contributed by atoms with Gasteiger partial charge in [0.2, 0.25) is 6.79 Å². The van der Waals surface area contributed by atoms with Gasteiger partial charge in [-0.15, -0.1) is 0 Å². The van der Waals surface area contributed by atoms with Gasteiger partial charge in [0.15, 0.2) is 11.5 Å². The van der Waals surface area contributed by atoms with Crippen LogP contribution in [0.25, 0.3) is 0 Å². The number of benzene rings is 2. The quantitative estimate of drug-likeness (QED) is 0.266. The first kappa shape index (κ1) is 29.3. The van der Waals surface area contributed by atoms with Crippen LogP contribution in [-0.2, 0) is 23.1 Å². The van der Waals surface area contributed by atoms with Crippen LogP contribution in [0.1, 0.15) is 87.1 Å². The van der Waals surface area contributed by atoms with E-state index in [1.165, 1.54) is 35.2 Å². The van der Waals surface area contributed by atoms with Gasteiger partial charge in [0, 0.05) is 28.2 Å². The smallest absolute Gasteiger partial charge is 0.329 e. The van der Waals surface area contributed by atoms with Crippen LogP contribution in [-0.4, -0.2) is 35.0 Å². The van der Waals surface area contributed by atoms with Crippen LogP contribution < -0.4 is 19.5 Å². The van der Waals surface area contributed by atoms with Gasteiger partial charge < -0.3 is 24.6 Å². The largest absolute Gasteiger partial charge is 0.493 e. The van der Waals surface area contributed by atoms with Gasteiger partial charge in [-0.3, -0.25) is 4.98 Å². The molecule has 8 heteroatoms. The Hall–Kier alpha value is -3.45. The maximum atomic E-state index is 12.8. The summed E-state index contributed by atoms with van der Waals surface area (Å²) in [6.07, 6.45) is 9.78. The summed E-state index contributed by atoms with van der Waals surface area (Å²) in [5.41, 5.74) is 4.63. The monoisotopic (exact) mass is 616 g/mol. The standard InChI is InChI=1S/C36H41ClN2O5/c1-22(20-42-30-9-14-38-29-8-3-5-23(2)33(29)30)15-25-16-24-17-31-32(44-21-43-31)19-28(24)35(25)10-12-36(13-11-35,34(40)41)39-27-7-4-6-26(37)18-27/h4,6-7,9,14,17-19,22-23,25,39H,3,5,8,10-13,15-16,20-21H2,1-2H3,(H,40,41)/t22-,23+,25-,35?,36?/m1/s1. The molecule has 4 aliphatic rings. The molecule has 44 heavy (non-hydrogen) atoms. The number of carboxylic acids is 1. The van der Waals surface area contributed by atoms with Crippen LogP contribution in [0.2, 0.25) is 5.02 Å². The Balaban J connectivity index is 1.13. The maximum absolute atomic E-state index is 12.8. The number of hydrogen-bond donors (Lipinski definition) is 2. The molecular weight excluding hydrogens is 576 g/mol. The van der Waals surface area contributed by atoms with E-state index in [1.807, 2.05) is 24.4 Å². The molecule has 2 heterocycles. The van der Waals surface area contributed by atoms with Crippen molar-refractivity contribution in [3.8, 4) is 17.2 Å². The van der Waals surface area contributed by atoms with Crippen LogP contribution in [0.5, 0.6) is 17.2 Å². The second kappa shape index (κ2) is 11.5. The van der Waals surface area contributed by atoms with Crippen LogP contribution in [0.15, 0.2) is 48.7 Å². The number of aromatic nitrogens is 1. The first-order valence-corrected chi connectivity index (χ1v) is 16.4. The van der Waals surface area contributed by atoms with E-state index in [4.69, 9.17) is 25.8 Å². The number of halogens is 1. The summed E-state index contributed by atoms with van der Waals surface area (Å²) in [7, 11) is 0. The van der Waals surface area contributed by atoms with E-state index in [0.29, 0.717) is 42.2 Å². The number of carbonyl (C=O) groups is 1. The summed E-state index contributed by atoms with van der Waals surface area (Å²) in [6.45, 7) is 5.45. The average molecular weight is 617 g/mol. The van der Waals surface area contributed by atoms with Crippen molar-refractivity contribution in [3.05, 3.63) is 76.1 Å². The third-order valence-electron chi connectivity index (χ3n) is 10.8. The Morgan fingerprint density at radius 1 is 1.16 bits per heavy atom. The normalized spacial score (nSPS) is 27.4. The van der Waals surface area contributed by atoms with Gasteiger partial charge in [0.1, 0.15) is 11.3 Å². The van der Waals surface area contributed by atoms with Gasteiger partial charge in [0.05, 0.1) is 6.61 Å². The summed E-state index contributed by atoms with van der Waals surface area (Å²) in [6, 6.07) is 13.7. The minimum atomic E-state index is -1.05. The van der Waals surface area contributed by atoms with Crippen LogP contribution >= 0.6 is 11.6 Å². The predicted molar refractivity (Wildman–Crippen MR) is 170 cm³/mol. The molecule has 7 rings (SSSR count). The fourth-order valence-corrected chi connectivity index (χ4v) is 8.69. The maximum Gasteiger partial charge on any atom is 0.329 e. The summed E-state index contributed by atoms with van der Waals surface area (Å²) in [5, 5.41) is 14.5. The average Bonchev–Trinajstić information content (AvgIpc) is 3.58. The molecule has 2 aromatic carbocycles. The SMILES string of the molecule is C[C@@H](COc1ccnc2c1[C@@H](C)CCC2)C[C@@H]1Cc2cc3c(cc2C12CCC(Nc1cccc(Cl)c1)(C(=O)O)CC2)OCO3. The minimum Gasteiger partial charge on any atom is -0.493 e. The molecule has 0 bridgehead atoms. The molecule has 3 aromatic rings. The summed E-state index contributed by atoms with van der Waals surface area (Å²) in [4.78, 5) is 17.5. The lowest BCUT2D eigenvalue weighted by molar-refractivity contribution is -0.144. The number of aliphatic carboxylic acids is 1. The molecule has 1 spiro atoms. The summed E-state index contributed by atoms with van der Waals surface area (Å²) < 4.78 is 18.1. The third kappa shape index (κ3) is 5.17. The van der Waals surface area contributed by atoms with Gasteiger partial charge in [0.25, 0.3) is 0 Å². The van der Waals surface area contributed by atoms with Crippen molar-refractivity contribution < 1.29 is 24.1 Å². The Morgan fingerprint density at radius 3 is 2.73 bits per heavy atom. The zero-order valence-electron chi connectivity index (χ0n) is 25.5. The van der Waals surface area contributed by atoms with Gasteiger partial charge >= 0.3 is 5.97 Å². The van der Waals surface area contributed by atoms with Crippen molar-refractivity contribution in [2.75, 3.05) is 18.7 Å². The minimum absolute atomic E-state index is 0.135. The van der Waals surface area contributed by atoms with Gasteiger partial charge in [-0.2, -0.15) is 0 Å². The number of anilines is 1. The van der Waals surface area contributed by atoms with E-state index in [0.717, 1.165) is 55.0 Å². The number of rotatable bonds is 8. The van der Waals surface area contributed by atoms with Crippen LogP contribution in [0.4, 0.5) is 5.69 Å². The van der Waals surface area contributed by atoms with Crippen molar-refractivity contribution in [2.45, 2.75) is 88.5 Å². The fourth-order valence-electron chi connectivity index (χ4n) is 8.50. The van der Waals surface area contributed by atoms with Crippen molar-refractivity contribution in [1.29, 1.82) is 0 Å². The van der Waals surface area contributed by atoms with E-state index in [2.05, 4.69) is 36.3 Å². The number of fused-ring (bicyclic) bond motifs is 4. The molecule has 3 aliphatic carbocycles. The lowest BCUT2D eigenvalue weighted by atomic mass is 9.59. The predicted octanol–water partition coefficient (Wildman–Crippen LogP) is 7.93. The van der Waals surface area contributed by atoms with Gasteiger partial charge in [-0.25, -0.2) is 4.79 Å². The Labute approximate surface area is 264 Å². The summed E-state index contributed by atoms with van der Waals surface area (Å²) >= 11 is 6.24. The lowest BCUT2D eigenvalue weighted by Crippen LogP contribution is -2.53. The zero-order chi connectivity index (χ0) is 30.5. The van der Waals surface area contributed by atoms with E-state index in [-0.39, 0.29) is 12.2 Å². The highest BCUT2D eigenvalue weighted by molar-refractivity contribution is 6.30. The molecule has 7 nitrogen and oxygen atoms in total. The highest BCUT2D eigenvalue weighted by Gasteiger charge is 2.54. The Bertz CT molecular complexity index is 1570. The van der Waals surface area contributed by atoms with Crippen molar-refractivity contribution in [2.24, 2.45) is 11.8 Å². The molecule has 1 aliphatic heterocycles. The molecule has 1 aromatic heterocycles. The molecule has 2 N–H and O–H groups in total. The highest BCUT2D eigenvalue weighted by atomic mass is 35.5. The highest BCUT2D eigenvalue weighted by Crippen LogP contribution is 2.58. The molecule has 1 saturated carbocycles. The molecule has 232 valence electrons. The second-order valence-electron chi connectivity index (χ2n) is 13.6. The first-order chi connectivity index (χ1) is 21.3. The Kier molecular flexibility index (Phi) is 7.64. The van der Waals surface area contributed by atoms with E-state index >= 15 is 0 Å². The second-order valence-corrected chi connectivity index (χ2v) is 14.0. The number of carboxylic acid groups (broad SMARTS) is 1. The van der Waals surface area contributed by atoms with Crippen molar-refractivity contribution in [1.82, 2.24) is 4.98 Å². The zero-order valence-corrected chi connectivity index (χ0v) is 26.3. The fraction of sp³-hybridized carbons (Fsp3) is 0.500. The summed E-state index contributed by atoms with van der Waals surface area (Å²) in [5.74, 6) is 2.93. The number of nitrogens with one attached hydrogen (secondary N) is 1. The van der Waals surface area contributed by atoms with Crippen LogP contribution in [0.3, 0.4) is 0 Å². The number of ether oxygens (including phenoxy) is 3. The van der Waals surface area contributed by atoms with Crippen molar-refractivity contribution >= 4 is 23.3 Å².